The van der Waals surface area contributed by atoms with E-state index in [1.807, 2.05) is 67.3 Å². The van der Waals surface area contributed by atoms with Gasteiger partial charge in [0.15, 0.2) is 20.5 Å². The molecule has 0 amide bonds. The minimum absolute atomic E-state index is 0.0640. The zero-order chi connectivity index (χ0) is 58.4. The fourth-order valence-electron chi connectivity index (χ4n) is 7.81. The second-order valence-electron chi connectivity index (χ2n) is 18.1. The fraction of sp³-hybridized carbons (Fsp3) is 0.216. The maximum Gasteiger partial charge on any atom is 0.427 e. The first kappa shape index (κ1) is 57.5. The molecule has 12 aromatic rings. The van der Waals surface area contributed by atoms with Gasteiger partial charge in [-0.1, -0.05) is 11.3 Å². The first-order chi connectivity index (χ1) is 40.8. The monoisotopic (exact) mass is 1210 g/mol. The summed E-state index contributed by atoms with van der Waals surface area (Å²) in [5, 5.41) is 47.5. The molecule has 12 aromatic heterocycles. The molecule has 26 nitrogen and oxygen atoms in total. The van der Waals surface area contributed by atoms with E-state index in [9.17, 15) is 13.2 Å². The van der Waals surface area contributed by atoms with Crippen LogP contribution in [0.4, 0.5) is 69.1 Å². The number of nitrogens with zero attached hydrogens (tertiary/aromatic N) is 18. The van der Waals surface area contributed by atoms with Crippen LogP contribution in [0.15, 0.2) is 109 Å². The standard InChI is InChI=1S/C16H19N7S.C13H15N7S.C12H9F3N6S.C10H8N6S/c1-11-5-6-17-15(19-11)21-16-20-13(10-24-16)12-9-18-22-14(12)23-7-3-2-4-8-23;1-8-4-5-14-12(16-8)18-13-17-10(7-21-13)9-6-15-19-11(9)20(2)3;1-6-2-3-16-10(19-6)21-11-20-8(7-4-17-18-5-7)9(22-11)12(13,14)15;1-2-11-9(12-3-1)16-10-15-8(6-17-10)7-4-13-14-5-7/h5-6,9-10H,2-4,7-8H2,1H3,(H,18,22)(H,17,19,20,21);4-7H,1-3H3,(H,15,19)(H,14,16,17,18);2-5H,1H3,(H,17,18)(H,16,19,20,21);1-6H,(H,13,14)(H,11,12,15,16). The molecule has 0 unspecified atom stereocenters. The molecular formula is C51H51F3N26S4. The first-order valence-electron chi connectivity index (χ1n) is 25.4. The van der Waals surface area contributed by atoms with E-state index in [1.165, 1.54) is 60.5 Å². The molecule has 13 heterocycles. The number of hydrogen-bond donors (Lipinski definition) is 8. The zero-order valence-corrected chi connectivity index (χ0v) is 48.5. The van der Waals surface area contributed by atoms with Gasteiger partial charge in [-0.3, -0.25) is 20.4 Å². The van der Waals surface area contributed by atoms with Crippen LogP contribution in [0.3, 0.4) is 0 Å². The number of rotatable bonds is 14. The summed E-state index contributed by atoms with van der Waals surface area (Å²) in [4.78, 5) is 54.4. The van der Waals surface area contributed by atoms with Crippen molar-refractivity contribution in [1.82, 2.24) is 101 Å². The largest absolute Gasteiger partial charge is 0.427 e. The van der Waals surface area contributed by atoms with E-state index < -0.39 is 11.1 Å². The molecule has 1 aliphatic heterocycles. The number of aromatic amines is 4. The van der Waals surface area contributed by atoms with Gasteiger partial charge in [0, 0.05) is 115 Å². The summed E-state index contributed by atoms with van der Waals surface area (Å²) in [6.07, 6.45) is 17.4. The number of halogens is 3. The molecule has 0 radical (unpaired) electrons. The molecule has 0 saturated carbocycles. The SMILES string of the molecule is Cc1ccnc(Nc2nc(-c3cn[nH]c3)c(C(F)(F)F)s2)n1.Cc1ccnc(Nc2nc(-c3cn[nH]c3N(C)C)cs2)n1.Cc1ccnc(Nc2nc(-c3cn[nH]c3N3CCCCC3)cs2)n1.c1cnc(Nc2nc(-c3cn[nH]c3)cs2)nc1. The Hall–Kier alpha value is -9.73. The second-order valence-corrected chi connectivity index (χ2v) is 21.7. The number of hydrogen-bond acceptors (Lipinski definition) is 26. The lowest BCUT2D eigenvalue weighted by molar-refractivity contribution is -0.134. The number of alkyl halides is 3. The van der Waals surface area contributed by atoms with Gasteiger partial charge < -0.3 is 31.1 Å². The van der Waals surface area contributed by atoms with Gasteiger partial charge in [-0.05, 0) is 64.3 Å². The molecule has 1 aliphatic rings. The van der Waals surface area contributed by atoms with E-state index in [0.717, 1.165) is 85.3 Å². The van der Waals surface area contributed by atoms with E-state index in [4.69, 9.17) is 0 Å². The summed E-state index contributed by atoms with van der Waals surface area (Å²) >= 11 is 5.04. The third-order valence-corrected chi connectivity index (χ3v) is 15.0. The Morgan fingerprint density at radius 1 is 0.524 bits per heavy atom. The maximum atomic E-state index is 13.1. The van der Waals surface area contributed by atoms with Crippen LogP contribution in [-0.4, -0.2) is 128 Å². The Labute approximate surface area is 492 Å². The van der Waals surface area contributed by atoms with E-state index >= 15 is 0 Å². The lowest BCUT2D eigenvalue weighted by Gasteiger charge is -2.27. The smallest absolute Gasteiger partial charge is 0.363 e. The number of aryl methyl sites for hydroxylation is 3. The lowest BCUT2D eigenvalue weighted by atomic mass is 10.1. The molecule has 84 heavy (non-hydrogen) atoms. The van der Waals surface area contributed by atoms with E-state index in [0.29, 0.717) is 34.9 Å². The first-order valence-corrected chi connectivity index (χ1v) is 28.9. The minimum Gasteiger partial charge on any atom is -0.363 e. The van der Waals surface area contributed by atoms with Crippen molar-refractivity contribution < 1.29 is 13.2 Å². The topological polar surface area (TPSA) is 324 Å². The summed E-state index contributed by atoms with van der Waals surface area (Å²) in [5.41, 5.74) is 8.26. The van der Waals surface area contributed by atoms with Crippen molar-refractivity contribution in [3.63, 3.8) is 0 Å². The van der Waals surface area contributed by atoms with Gasteiger partial charge in [0.25, 0.3) is 0 Å². The van der Waals surface area contributed by atoms with E-state index in [-0.39, 0.29) is 22.3 Å². The third-order valence-electron chi connectivity index (χ3n) is 11.7. The van der Waals surface area contributed by atoms with Gasteiger partial charge in [0.1, 0.15) is 16.5 Å². The highest BCUT2D eigenvalue weighted by Gasteiger charge is 2.38. The van der Waals surface area contributed by atoms with E-state index in [1.54, 1.807) is 73.8 Å². The van der Waals surface area contributed by atoms with Crippen molar-refractivity contribution in [3.8, 4) is 45.0 Å². The molecular weight excluding hydrogens is 1160 g/mol. The number of nitrogens with one attached hydrogen (secondary N) is 8. The molecule has 33 heteroatoms. The third kappa shape index (κ3) is 15.2. The van der Waals surface area contributed by atoms with Crippen LogP contribution in [-0.2, 0) is 6.18 Å². The Bertz CT molecular complexity index is 3960. The fourth-order valence-corrected chi connectivity index (χ4v) is 10.8. The zero-order valence-electron chi connectivity index (χ0n) is 45.2. The van der Waals surface area contributed by atoms with Gasteiger partial charge in [-0.15, -0.1) is 34.0 Å². The second kappa shape index (κ2) is 26.9. The van der Waals surface area contributed by atoms with Crippen LogP contribution in [0.25, 0.3) is 45.0 Å². The van der Waals surface area contributed by atoms with Crippen LogP contribution >= 0.6 is 45.3 Å². The van der Waals surface area contributed by atoms with Gasteiger partial charge >= 0.3 is 6.18 Å². The summed E-state index contributed by atoms with van der Waals surface area (Å²) in [5.74, 6) is 3.86. The molecule has 0 aliphatic carbocycles. The van der Waals surface area contributed by atoms with Crippen molar-refractivity contribution >= 4 is 101 Å². The van der Waals surface area contributed by atoms with Crippen molar-refractivity contribution in [2.24, 2.45) is 0 Å². The normalized spacial score (nSPS) is 12.0. The molecule has 1 fully saturated rings. The summed E-state index contributed by atoms with van der Waals surface area (Å²) < 4.78 is 39.4. The Morgan fingerprint density at radius 3 is 1.55 bits per heavy atom. The molecule has 13 rings (SSSR count). The molecule has 430 valence electrons. The van der Waals surface area contributed by atoms with Crippen molar-refractivity contribution in [2.45, 2.75) is 46.2 Å². The highest BCUT2D eigenvalue weighted by molar-refractivity contribution is 7.16. The number of aromatic nitrogens is 20. The molecule has 1 saturated heterocycles. The van der Waals surface area contributed by atoms with Gasteiger partial charge in [-0.25, -0.2) is 59.8 Å². The molecule has 8 N–H and O–H groups in total. The van der Waals surface area contributed by atoms with E-state index in [2.05, 4.69) is 127 Å². The van der Waals surface area contributed by atoms with Gasteiger partial charge in [0.05, 0.1) is 58.7 Å². The van der Waals surface area contributed by atoms with Crippen LogP contribution < -0.4 is 31.1 Å². The molecule has 0 spiro atoms. The molecule has 0 aromatic carbocycles. The molecule has 0 bridgehead atoms. The van der Waals surface area contributed by atoms with Crippen molar-refractivity contribution in [1.29, 1.82) is 0 Å². The highest BCUT2D eigenvalue weighted by Crippen LogP contribution is 2.43. The minimum atomic E-state index is -4.50. The summed E-state index contributed by atoms with van der Waals surface area (Å²) in [7, 11) is 3.92. The van der Waals surface area contributed by atoms with Crippen molar-refractivity contribution in [2.75, 3.05) is 58.3 Å². The predicted molar refractivity (Wildman–Crippen MR) is 320 cm³/mol. The van der Waals surface area contributed by atoms with Gasteiger partial charge in [-0.2, -0.15) is 33.6 Å². The molecule has 0 atom stereocenters. The average molecular weight is 1210 g/mol. The highest BCUT2D eigenvalue weighted by atomic mass is 32.1. The van der Waals surface area contributed by atoms with Crippen LogP contribution in [0.2, 0.25) is 0 Å². The number of piperidine rings is 1. The quantitative estimate of drug-likeness (QED) is 0.0501. The predicted octanol–water partition coefficient (Wildman–Crippen LogP) is 11.3. The summed E-state index contributed by atoms with van der Waals surface area (Å²) in [6.45, 7) is 7.77. The van der Waals surface area contributed by atoms with Crippen LogP contribution in [0, 0.1) is 20.8 Å². The van der Waals surface area contributed by atoms with Crippen LogP contribution in [0.1, 0.15) is 41.2 Å². The Kier molecular flexibility index (Phi) is 18.4. The Morgan fingerprint density at radius 2 is 1.01 bits per heavy atom. The average Bonchev–Trinajstić information content (AvgIpc) is 4.47. The number of H-pyrrole nitrogens is 4. The van der Waals surface area contributed by atoms with Gasteiger partial charge in [0.2, 0.25) is 23.8 Å². The summed E-state index contributed by atoms with van der Waals surface area (Å²) in [6, 6.07) is 7.18. The lowest BCUT2D eigenvalue weighted by Crippen LogP contribution is -2.30. The van der Waals surface area contributed by atoms with Crippen molar-refractivity contribution in [3.05, 3.63) is 131 Å². The Balaban J connectivity index is 0.000000126. The number of anilines is 10. The maximum absolute atomic E-state index is 13.1. The van der Waals surface area contributed by atoms with Crippen LogP contribution in [0.5, 0.6) is 0 Å². The number of thiazole rings is 4.